The fourth-order valence-corrected chi connectivity index (χ4v) is 2.47. The third-order valence-corrected chi connectivity index (χ3v) is 3.53. The fraction of sp³-hybridized carbons (Fsp3) is 0.235. The van der Waals surface area contributed by atoms with Gasteiger partial charge in [-0.3, -0.25) is 0 Å². The second-order valence-electron chi connectivity index (χ2n) is 4.73. The van der Waals surface area contributed by atoms with E-state index in [0.29, 0.717) is 5.90 Å². The van der Waals surface area contributed by atoms with Crippen molar-refractivity contribution in [1.82, 2.24) is 0 Å². The molecule has 0 fully saturated rings. The van der Waals surface area contributed by atoms with Crippen LogP contribution in [0.2, 0.25) is 0 Å². The maximum absolute atomic E-state index is 6.08. The van der Waals surface area contributed by atoms with Gasteiger partial charge in [-0.15, -0.1) is 0 Å². The Balaban J connectivity index is 2.01. The first-order valence-corrected chi connectivity index (χ1v) is 6.76. The smallest absolute Gasteiger partial charge is 0.286 e. The molecule has 0 N–H and O–H groups in total. The molecule has 1 aliphatic rings. The number of methoxy groups -OCH3 is 2. The summed E-state index contributed by atoms with van der Waals surface area (Å²) in [7, 11) is 3.20. The van der Waals surface area contributed by atoms with Crippen molar-refractivity contribution in [1.29, 1.82) is 0 Å². The van der Waals surface area contributed by atoms with Crippen LogP contribution in [-0.4, -0.2) is 26.3 Å². The predicted octanol–water partition coefficient (Wildman–Crippen LogP) is 2.94. The summed E-state index contributed by atoms with van der Waals surface area (Å²) < 4.78 is 17.2. The van der Waals surface area contributed by atoms with Crippen molar-refractivity contribution in [2.75, 3.05) is 14.2 Å². The van der Waals surface area contributed by atoms with Gasteiger partial charge >= 0.3 is 0 Å². The SMILES string of the molecule is CO[C@@H]1N=C(c2ccccc2)O[C@]1(OC)c1ccccc1. The maximum atomic E-state index is 6.08. The van der Waals surface area contributed by atoms with E-state index in [2.05, 4.69) is 4.99 Å². The number of rotatable bonds is 4. The Hall–Kier alpha value is -2.17. The van der Waals surface area contributed by atoms with Crippen LogP contribution >= 0.6 is 0 Å². The predicted molar refractivity (Wildman–Crippen MR) is 80.0 cm³/mol. The zero-order valence-electron chi connectivity index (χ0n) is 12.0. The zero-order valence-corrected chi connectivity index (χ0v) is 12.0. The second-order valence-corrected chi connectivity index (χ2v) is 4.73. The van der Waals surface area contributed by atoms with E-state index in [0.717, 1.165) is 11.1 Å². The molecule has 1 heterocycles. The van der Waals surface area contributed by atoms with Gasteiger partial charge in [-0.2, -0.15) is 0 Å². The number of hydrogen-bond donors (Lipinski definition) is 0. The molecule has 0 saturated carbocycles. The number of nitrogens with zero attached hydrogens (tertiary/aromatic N) is 1. The Kier molecular flexibility index (Phi) is 3.73. The van der Waals surface area contributed by atoms with E-state index >= 15 is 0 Å². The lowest BCUT2D eigenvalue weighted by atomic mass is 10.0. The van der Waals surface area contributed by atoms with E-state index in [4.69, 9.17) is 14.2 Å². The van der Waals surface area contributed by atoms with Gasteiger partial charge in [-0.1, -0.05) is 48.5 Å². The molecule has 0 radical (unpaired) electrons. The molecule has 2 atom stereocenters. The highest BCUT2D eigenvalue weighted by Crippen LogP contribution is 2.38. The van der Waals surface area contributed by atoms with Crippen LogP contribution in [0.3, 0.4) is 0 Å². The van der Waals surface area contributed by atoms with Gasteiger partial charge < -0.3 is 14.2 Å². The summed E-state index contributed by atoms with van der Waals surface area (Å²) in [6.45, 7) is 0. The normalized spacial score (nSPS) is 24.5. The van der Waals surface area contributed by atoms with Gasteiger partial charge in [0.15, 0.2) is 0 Å². The molecule has 0 spiro atoms. The van der Waals surface area contributed by atoms with Crippen LogP contribution in [0.25, 0.3) is 0 Å². The number of ether oxygens (including phenoxy) is 3. The monoisotopic (exact) mass is 283 g/mol. The third kappa shape index (κ3) is 2.33. The Morgan fingerprint density at radius 1 is 0.952 bits per heavy atom. The van der Waals surface area contributed by atoms with Crippen molar-refractivity contribution >= 4 is 5.90 Å². The molecule has 0 aromatic heterocycles. The first kappa shape index (κ1) is 13.8. The Morgan fingerprint density at radius 3 is 2.14 bits per heavy atom. The van der Waals surface area contributed by atoms with E-state index in [1.807, 2.05) is 60.7 Å². The summed E-state index contributed by atoms with van der Waals surface area (Å²) in [5.74, 6) is -0.533. The lowest BCUT2D eigenvalue weighted by Gasteiger charge is -2.31. The molecule has 4 heteroatoms. The molecule has 2 aromatic rings. The van der Waals surface area contributed by atoms with Crippen LogP contribution in [-0.2, 0) is 20.0 Å². The average Bonchev–Trinajstić information content (AvgIpc) is 2.96. The van der Waals surface area contributed by atoms with Crippen molar-refractivity contribution < 1.29 is 14.2 Å². The van der Waals surface area contributed by atoms with Gasteiger partial charge in [0.1, 0.15) is 0 Å². The molecule has 21 heavy (non-hydrogen) atoms. The van der Waals surface area contributed by atoms with E-state index in [1.54, 1.807) is 14.2 Å². The van der Waals surface area contributed by atoms with Gasteiger partial charge in [0, 0.05) is 25.3 Å². The molecule has 3 rings (SSSR count). The van der Waals surface area contributed by atoms with Gasteiger partial charge in [0.05, 0.1) is 0 Å². The summed E-state index contributed by atoms with van der Waals surface area (Å²) in [4.78, 5) is 4.52. The van der Waals surface area contributed by atoms with Crippen LogP contribution < -0.4 is 0 Å². The van der Waals surface area contributed by atoms with Gasteiger partial charge in [-0.25, -0.2) is 4.99 Å². The van der Waals surface area contributed by atoms with Crippen molar-refractivity contribution in [2.45, 2.75) is 12.0 Å². The minimum atomic E-state index is -1.05. The summed E-state index contributed by atoms with van der Waals surface area (Å²) in [5.41, 5.74) is 1.77. The molecule has 0 saturated heterocycles. The quantitative estimate of drug-likeness (QED) is 0.866. The number of aliphatic imine (C=N–C) groups is 1. The van der Waals surface area contributed by atoms with Crippen LogP contribution in [0.5, 0.6) is 0 Å². The molecular weight excluding hydrogens is 266 g/mol. The molecule has 1 aliphatic heterocycles. The van der Waals surface area contributed by atoms with Crippen molar-refractivity contribution in [3.05, 3.63) is 71.8 Å². The molecule has 0 bridgehead atoms. The first-order chi connectivity index (χ1) is 10.3. The topological polar surface area (TPSA) is 40.0 Å². The average molecular weight is 283 g/mol. The first-order valence-electron chi connectivity index (χ1n) is 6.76. The maximum Gasteiger partial charge on any atom is 0.286 e. The molecule has 108 valence electrons. The second kappa shape index (κ2) is 5.68. The minimum Gasteiger partial charge on any atom is -0.435 e. The van der Waals surface area contributed by atoms with Crippen LogP contribution in [0.15, 0.2) is 65.7 Å². The highest BCUT2D eigenvalue weighted by Gasteiger charge is 2.50. The van der Waals surface area contributed by atoms with Crippen molar-refractivity contribution in [3.8, 4) is 0 Å². The highest BCUT2D eigenvalue weighted by molar-refractivity contribution is 5.95. The van der Waals surface area contributed by atoms with E-state index in [1.165, 1.54) is 0 Å². The Labute approximate surface area is 124 Å². The number of hydrogen-bond acceptors (Lipinski definition) is 4. The third-order valence-electron chi connectivity index (χ3n) is 3.53. The molecule has 4 nitrogen and oxygen atoms in total. The van der Waals surface area contributed by atoms with E-state index < -0.39 is 12.0 Å². The zero-order chi connectivity index (χ0) is 14.7. The minimum absolute atomic E-state index is 0.521. The van der Waals surface area contributed by atoms with Crippen molar-refractivity contribution in [3.63, 3.8) is 0 Å². The largest absolute Gasteiger partial charge is 0.435 e. The van der Waals surface area contributed by atoms with Crippen LogP contribution in [0, 0.1) is 0 Å². The number of benzene rings is 2. The summed E-state index contributed by atoms with van der Waals surface area (Å²) in [5, 5.41) is 0. The van der Waals surface area contributed by atoms with Gasteiger partial charge in [-0.05, 0) is 12.1 Å². The molecule has 0 amide bonds. The summed E-state index contributed by atoms with van der Waals surface area (Å²) in [6.07, 6.45) is -0.555. The van der Waals surface area contributed by atoms with Crippen LogP contribution in [0.1, 0.15) is 11.1 Å². The molecule has 2 aromatic carbocycles. The standard InChI is InChI=1S/C17H17NO3/c1-19-16-17(20-2,14-11-7-4-8-12-14)21-15(18-16)13-9-5-3-6-10-13/h3-12,16H,1-2H3/t16-,17+/m0/s1. The fourth-order valence-electron chi connectivity index (χ4n) is 2.47. The van der Waals surface area contributed by atoms with Gasteiger partial charge in [0.2, 0.25) is 12.1 Å². The molecular formula is C17H17NO3. The lowest BCUT2D eigenvalue weighted by Crippen LogP contribution is -2.40. The Bertz CT molecular complexity index is 627. The summed E-state index contributed by atoms with van der Waals surface area (Å²) in [6, 6.07) is 19.4. The van der Waals surface area contributed by atoms with E-state index in [9.17, 15) is 0 Å². The molecule has 0 unspecified atom stereocenters. The van der Waals surface area contributed by atoms with Crippen molar-refractivity contribution in [2.24, 2.45) is 4.99 Å². The summed E-state index contributed by atoms with van der Waals surface area (Å²) >= 11 is 0. The lowest BCUT2D eigenvalue weighted by molar-refractivity contribution is -0.229. The molecule has 0 aliphatic carbocycles. The van der Waals surface area contributed by atoms with E-state index in [-0.39, 0.29) is 0 Å². The highest BCUT2D eigenvalue weighted by atomic mass is 16.7. The Morgan fingerprint density at radius 2 is 1.57 bits per heavy atom. The van der Waals surface area contributed by atoms with Crippen LogP contribution in [0.4, 0.5) is 0 Å². The van der Waals surface area contributed by atoms with Gasteiger partial charge in [0.25, 0.3) is 5.79 Å².